The maximum Gasteiger partial charge on any atom is 0.480 e. The van der Waals surface area contributed by atoms with Crippen LogP contribution in [0.3, 0.4) is 0 Å². The van der Waals surface area contributed by atoms with Gasteiger partial charge in [0.1, 0.15) is 0 Å². The molecule has 0 aromatic carbocycles. The van der Waals surface area contributed by atoms with Crippen molar-refractivity contribution in [3.05, 3.63) is 0 Å². The van der Waals surface area contributed by atoms with Crippen LogP contribution < -0.4 is 0 Å². The first-order chi connectivity index (χ1) is 9.97. The minimum Gasteiger partial charge on any atom is -0.438 e. The van der Waals surface area contributed by atoms with Crippen LogP contribution in [0.2, 0.25) is 0 Å². The Balaban J connectivity index is 4.13. The van der Waals surface area contributed by atoms with Crippen LogP contribution in [-0.2, 0) is 37.2 Å². The number of carbonyl (C=O) groups excluding carboxylic acids is 2. The fraction of sp³-hybridized carbons (Fsp3) is 0.833. The number of hydrogen-bond acceptors (Lipinski definition) is 8. The molecule has 0 N–H and O–H groups in total. The van der Waals surface area contributed by atoms with Crippen molar-refractivity contribution in [2.45, 2.75) is 46.5 Å². The minimum atomic E-state index is -3.92. The quantitative estimate of drug-likeness (QED) is 0.307. The lowest BCUT2D eigenvalue weighted by Crippen LogP contribution is -2.11. The molecule has 0 radical (unpaired) electrons. The van der Waals surface area contributed by atoms with Gasteiger partial charge in [-0.1, -0.05) is 13.8 Å². The van der Waals surface area contributed by atoms with Gasteiger partial charge in [0.15, 0.2) is 0 Å². The third-order valence-corrected chi connectivity index (χ3v) is 3.47. The van der Waals surface area contributed by atoms with Crippen molar-refractivity contribution >= 4 is 19.8 Å². The van der Waals surface area contributed by atoms with Gasteiger partial charge in [-0.15, -0.1) is 0 Å². The van der Waals surface area contributed by atoms with E-state index in [2.05, 4.69) is 9.47 Å². The van der Waals surface area contributed by atoms with Crippen molar-refractivity contribution in [1.82, 2.24) is 0 Å². The summed E-state index contributed by atoms with van der Waals surface area (Å²) in [4.78, 5) is 22.2. The average Bonchev–Trinajstić information content (AvgIpc) is 2.39. The predicted molar refractivity (Wildman–Crippen MR) is 73.1 cm³/mol. The lowest BCUT2D eigenvalue weighted by atomic mass is 10.3. The summed E-state index contributed by atoms with van der Waals surface area (Å²) in [7, 11) is -3.92. The molecular formula is C12H23O8P. The fourth-order valence-electron chi connectivity index (χ4n) is 1.14. The summed E-state index contributed by atoms with van der Waals surface area (Å²) in [6.07, 6.45) is 1.73. The molecule has 0 amide bonds. The largest absolute Gasteiger partial charge is 0.480 e. The number of ether oxygens (including phenoxy) is 2. The van der Waals surface area contributed by atoms with Crippen molar-refractivity contribution in [3.8, 4) is 0 Å². The molecule has 0 atom stereocenters. The normalized spacial score (nSPS) is 11.2. The SMILES string of the molecule is CCCC(=O)OCOP(=O)(OCC)OCOC(=O)CCC. The Labute approximate surface area is 124 Å². The Hall–Kier alpha value is -0.950. The van der Waals surface area contributed by atoms with Gasteiger partial charge in [0.2, 0.25) is 13.6 Å². The molecule has 0 unspecified atom stereocenters. The lowest BCUT2D eigenvalue weighted by Gasteiger charge is -2.16. The highest BCUT2D eigenvalue weighted by atomic mass is 31.2. The van der Waals surface area contributed by atoms with E-state index in [0.29, 0.717) is 12.8 Å². The van der Waals surface area contributed by atoms with Gasteiger partial charge in [-0.25, -0.2) is 13.6 Å². The number of hydrogen-bond donors (Lipinski definition) is 0. The first-order valence-electron chi connectivity index (χ1n) is 6.82. The molecule has 0 aliphatic heterocycles. The van der Waals surface area contributed by atoms with Crippen molar-refractivity contribution in [1.29, 1.82) is 0 Å². The first-order valence-corrected chi connectivity index (χ1v) is 8.28. The molecule has 0 fully saturated rings. The molecule has 0 heterocycles. The van der Waals surface area contributed by atoms with Crippen LogP contribution in [0.25, 0.3) is 0 Å². The predicted octanol–water partition coefficient (Wildman–Crippen LogP) is 2.77. The maximum atomic E-state index is 12.0. The van der Waals surface area contributed by atoms with Crippen molar-refractivity contribution in [2.24, 2.45) is 0 Å². The summed E-state index contributed by atoms with van der Waals surface area (Å²) in [6.45, 7) is 4.18. The summed E-state index contributed by atoms with van der Waals surface area (Å²) in [6, 6.07) is 0. The third kappa shape index (κ3) is 10.4. The van der Waals surface area contributed by atoms with Gasteiger partial charge < -0.3 is 9.47 Å². The smallest absolute Gasteiger partial charge is 0.438 e. The number of phosphoric acid groups is 1. The van der Waals surface area contributed by atoms with E-state index in [9.17, 15) is 14.2 Å². The van der Waals surface area contributed by atoms with Crippen LogP contribution in [0.4, 0.5) is 0 Å². The van der Waals surface area contributed by atoms with E-state index in [1.54, 1.807) is 6.92 Å². The average molecular weight is 326 g/mol. The minimum absolute atomic E-state index is 0.0586. The van der Waals surface area contributed by atoms with E-state index < -0.39 is 33.3 Å². The summed E-state index contributed by atoms with van der Waals surface area (Å²) in [5, 5.41) is 0. The fourth-order valence-corrected chi connectivity index (χ4v) is 2.04. The van der Waals surface area contributed by atoms with E-state index in [-0.39, 0.29) is 19.4 Å². The summed E-state index contributed by atoms with van der Waals surface area (Å²) < 4.78 is 35.9. The highest BCUT2D eigenvalue weighted by Crippen LogP contribution is 2.49. The standard InChI is InChI=1S/C12H23O8P/c1-4-7-11(13)16-9-19-21(15,18-6-3)20-10-17-12(14)8-5-2/h4-10H2,1-3H3. The van der Waals surface area contributed by atoms with Gasteiger partial charge in [0.25, 0.3) is 0 Å². The Morgan fingerprint density at radius 1 is 0.810 bits per heavy atom. The van der Waals surface area contributed by atoms with Crippen LogP contribution in [0.1, 0.15) is 46.5 Å². The zero-order chi connectivity index (χ0) is 16.1. The van der Waals surface area contributed by atoms with Gasteiger partial charge in [0, 0.05) is 12.8 Å². The topological polar surface area (TPSA) is 97.4 Å². The molecule has 124 valence electrons. The van der Waals surface area contributed by atoms with E-state index in [4.69, 9.17) is 13.6 Å². The summed E-state index contributed by atoms with van der Waals surface area (Å²) in [5.74, 6) is -0.954. The Morgan fingerprint density at radius 2 is 1.24 bits per heavy atom. The van der Waals surface area contributed by atoms with E-state index in [1.165, 1.54) is 0 Å². The Bertz CT molecular complexity index is 329. The summed E-state index contributed by atoms with van der Waals surface area (Å²) in [5.41, 5.74) is 0. The molecule has 0 aliphatic rings. The third-order valence-electron chi connectivity index (χ3n) is 2.06. The zero-order valence-electron chi connectivity index (χ0n) is 12.7. The molecular weight excluding hydrogens is 303 g/mol. The van der Waals surface area contributed by atoms with Crippen LogP contribution >= 0.6 is 7.82 Å². The van der Waals surface area contributed by atoms with Gasteiger partial charge in [-0.2, -0.15) is 0 Å². The van der Waals surface area contributed by atoms with Gasteiger partial charge in [-0.3, -0.25) is 14.1 Å². The molecule has 0 aliphatic carbocycles. The Kier molecular flexibility index (Phi) is 11.2. The molecule has 9 heteroatoms. The Morgan fingerprint density at radius 3 is 1.57 bits per heavy atom. The maximum absolute atomic E-state index is 12.0. The van der Waals surface area contributed by atoms with Crippen LogP contribution in [-0.4, -0.2) is 32.1 Å². The number of rotatable bonds is 12. The molecule has 0 bridgehead atoms. The molecule has 0 spiro atoms. The van der Waals surface area contributed by atoms with Crippen LogP contribution in [0.15, 0.2) is 0 Å². The van der Waals surface area contributed by atoms with Crippen molar-refractivity contribution in [2.75, 3.05) is 20.2 Å². The molecule has 8 nitrogen and oxygen atoms in total. The highest BCUT2D eigenvalue weighted by molar-refractivity contribution is 7.48. The second kappa shape index (κ2) is 11.7. The first kappa shape index (κ1) is 20.1. The zero-order valence-corrected chi connectivity index (χ0v) is 13.6. The summed E-state index contributed by atoms with van der Waals surface area (Å²) >= 11 is 0. The molecule has 0 rings (SSSR count). The van der Waals surface area contributed by atoms with Crippen molar-refractivity contribution < 1.29 is 37.2 Å². The highest BCUT2D eigenvalue weighted by Gasteiger charge is 2.27. The van der Waals surface area contributed by atoms with Gasteiger partial charge >= 0.3 is 19.8 Å². The van der Waals surface area contributed by atoms with E-state index in [1.807, 2.05) is 13.8 Å². The molecule has 0 saturated carbocycles. The van der Waals surface area contributed by atoms with Crippen LogP contribution in [0.5, 0.6) is 0 Å². The molecule has 21 heavy (non-hydrogen) atoms. The number of esters is 2. The number of carbonyl (C=O) groups is 2. The van der Waals surface area contributed by atoms with Gasteiger partial charge in [-0.05, 0) is 19.8 Å². The second-order valence-corrected chi connectivity index (χ2v) is 5.56. The number of phosphoric ester groups is 1. The lowest BCUT2D eigenvalue weighted by molar-refractivity contribution is -0.153. The second-order valence-electron chi connectivity index (χ2n) is 3.89. The molecule has 0 aromatic heterocycles. The monoisotopic (exact) mass is 326 g/mol. The van der Waals surface area contributed by atoms with Crippen LogP contribution in [0, 0.1) is 0 Å². The molecule has 0 saturated heterocycles. The van der Waals surface area contributed by atoms with E-state index in [0.717, 1.165) is 0 Å². The van der Waals surface area contributed by atoms with Gasteiger partial charge in [0.05, 0.1) is 6.61 Å². The van der Waals surface area contributed by atoms with E-state index >= 15 is 0 Å². The van der Waals surface area contributed by atoms with Crippen molar-refractivity contribution in [3.63, 3.8) is 0 Å². The molecule has 0 aromatic rings.